The van der Waals surface area contributed by atoms with Crippen LogP contribution in [-0.4, -0.2) is 58.5 Å². The van der Waals surface area contributed by atoms with Crippen LogP contribution in [-0.2, 0) is 20.0 Å². The maximum atomic E-state index is 11.4. The molecule has 31 heavy (non-hydrogen) atoms. The molecular weight excluding hydrogens is 474 g/mol. The highest BCUT2D eigenvalue weighted by molar-refractivity contribution is 8.13. The lowest BCUT2D eigenvalue weighted by Gasteiger charge is -2.41. The van der Waals surface area contributed by atoms with E-state index in [1.165, 1.54) is 88.4 Å². The molecule has 1 aliphatic rings. The van der Waals surface area contributed by atoms with E-state index in [1.807, 2.05) is 0 Å². The zero-order chi connectivity index (χ0) is 24.4. The third-order valence-electron chi connectivity index (χ3n) is 4.98. The van der Waals surface area contributed by atoms with Crippen molar-refractivity contribution >= 4 is 20.0 Å². The fourth-order valence-corrected chi connectivity index (χ4v) is 5.19. The summed E-state index contributed by atoms with van der Waals surface area (Å²) in [5.74, 6) is 0. The minimum absolute atomic E-state index is 0.778. The first-order valence-electron chi connectivity index (χ1n) is 10.3. The van der Waals surface area contributed by atoms with E-state index in [9.17, 15) is 43.2 Å². The van der Waals surface area contributed by atoms with E-state index in [4.69, 9.17) is 0 Å². The number of piperidine rings is 1. The first-order valence-corrected chi connectivity index (χ1v) is 13.1. The second kappa shape index (κ2) is 12.6. The van der Waals surface area contributed by atoms with E-state index in [0.717, 1.165) is 4.13 Å². The zero-order valence-corrected chi connectivity index (χ0v) is 19.4. The van der Waals surface area contributed by atoms with Crippen LogP contribution in [0, 0.1) is 0 Å². The van der Waals surface area contributed by atoms with Crippen molar-refractivity contribution < 1.29 is 47.7 Å². The number of quaternary nitrogens is 1. The summed E-state index contributed by atoms with van der Waals surface area (Å²) in [6.07, 6.45) is 13.0. The molecule has 0 aromatic heterocycles. The molecule has 14 heteroatoms. The predicted octanol–water partition coefficient (Wildman–Crippen LogP) is 5.43. The first-order chi connectivity index (χ1) is 14.0. The van der Waals surface area contributed by atoms with Crippen LogP contribution < -0.4 is 0 Å². The average molecular weight is 507 g/mol. The molecule has 6 nitrogen and oxygen atoms in total. The molecule has 1 heterocycles. The summed E-state index contributed by atoms with van der Waals surface area (Å²) in [6.45, 7) is 10.5. The van der Waals surface area contributed by atoms with Crippen molar-refractivity contribution in [2.75, 3.05) is 26.2 Å². The Labute approximate surface area is 181 Å². The highest BCUT2D eigenvalue weighted by atomic mass is 32.3. The molecule has 1 saturated heterocycles. The van der Waals surface area contributed by atoms with Crippen LogP contribution in [0.1, 0.15) is 71.6 Å². The summed E-state index contributed by atoms with van der Waals surface area (Å²) in [4.78, 5) is 0. The quantitative estimate of drug-likeness (QED) is 0.225. The van der Waals surface area contributed by atoms with Gasteiger partial charge in [-0.25, -0.2) is 16.8 Å². The molecular formula is C17H32F6N2O4S2. The highest BCUT2D eigenvalue weighted by Crippen LogP contribution is 2.36. The van der Waals surface area contributed by atoms with Gasteiger partial charge in [0.25, 0.3) is 0 Å². The maximum Gasteiger partial charge on any atom is 0.480 e. The maximum absolute atomic E-state index is 11.4. The Morgan fingerprint density at radius 3 is 1.52 bits per heavy atom. The molecule has 0 aromatic rings. The van der Waals surface area contributed by atoms with E-state index in [2.05, 4.69) is 13.8 Å². The van der Waals surface area contributed by atoms with Gasteiger partial charge in [0.15, 0.2) is 20.0 Å². The molecule has 0 unspecified atom stereocenters. The smallest absolute Gasteiger partial charge is 0.421 e. The van der Waals surface area contributed by atoms with Gasteiger partial charge >= 0.3 is 11.0 Å². The van der Waals surface area contributed by atoms with Crippen LogP contribution in [0.5, 0.6) is 0 Å². The largest absolute Gasteiger partial charge is 0.480 e. The van der Waals surface area contributed by atoms with Crippen molar-refractivity contribution in [1.29, 1.82) is 0 Å². The second-order valence-corrected chi connectivity index (χ2v) is 11.0. The number of halogens is 6. The number of alkyl halides is 6. The Morgan fingerprint density at radius 1 is 0.677 bits per heavy atom. The van der Waals surface area contributed by atoms with Crippen molar-refractivity contribution in [3.63, 3.8) is 0 Å². The van der Waals surface area contributed by atoms with Crippen molar-refractivity contribution in [2.24, 2.45) is 0 Å². The van der Waals surface area contributed by atoms with Gasteiger partial charge < -0.3 is 8.61 Å². The summed E-state index contributed by atoms with van der Waals surface area (Å²) in [5, 5.41) is 0. The van der Waals surface area contributed by atoms with Gasteiger partial charge in [-0.2, -0.15) is 26.3 Å². The van der Waals surface area contributed by atoms with Crippen molar-refractivity contribution in [3.05, 3.63) is 4.13 Å². The molecule has 0 atom stereocenters. The second-order valence-electron chi connectivity index (χ2n) is 7.63. The Bertz CT molecular complexity index is 668. The molecule has 1 rings (SSSR count). The summed E-state index contributed by atoms with van der Waals surface area (Å²) >= 11 is 0. The van der Waals surface area contributed by atoms with Crippen LogP contribution in [0.2, 0.25) is 0 Å². The Morgan fingerprint density at radius 2 is 1.13 bits per heavy atom. The Balaban J connectivity index is 0.000000582. The van der Waals surface area contributed by atoms with Gasteiger partial charge in [0.1, 0.15) is 0 Å². The van der Waals surface area contributed by atoms with Crippen LogP contribution >= 0.6 is 0 Å². The minimum Gasteiger partial charge on any atom is -0.421 e. The van der Waals surface area contributed by atoms with E-state index in [1.54, 1.807) is 0 Å². The number of nitrogens with zero attached hydrogens (tertiary/aromatic N) is 2. The van der Waals surface area contributed by atoms with Gasteiger partial charge in [0, 0.05) is 0 Å². The highest BCUT2D eigenvalue weighted by Gasteiger charge is 2.46. The van der Waals surface area contributed by atoms with Gasteiger partial charge in [0.05, 0.1) is 26.2 Å². The zero-order valence-electron chi connectivity index (χ0n) is 17.8. The number of likely N-dealkylation sites (tertiary alicyclic amines) is 1. The first kappa shape index (κ1) is 30.4. The fourth-order valence-electron chi connectivity index (χ4n) is 3.48. The Kier molecular flexibility index (Phi) is 12.3. The van der Waals surface area contributed by atoms with Crippen LogP contribution in [0.25, 0.3) is 4.13 Å². The van der Waals surface area contributed by atoms with Crippen LogP contribution in [0.4, 0.5) is 26.3 Å². The van der Waals surface area contributed by atoms with Crippen molar-refractivity contribution in [3.8, 4) is 0 Å². The molecule has 0 radical (unpaired) electrons. The molecule has 0 spiro atoms. The molecule has 0 aliphatic carbocycles. The average Bonchev–Trinajstić information content (AvgIpc) is 2.60. The number of unbranched alkanes of at least 4 members (excludes halogenated alkanes) is 4. The lowest BCUT2D eigenvalue weighted by molar-refractivity contribution is -0.932. The van der Waals surface area contributed by atoms with Gasteiger partial charge in [0.2, 0.25) is 0 Å². The normalized spacial score (nSPS) is 17.7. The van der Waals surface area contributed by atoms with E-state index >= 15 is 0 Å². The van der Waals surface area contributed by atoms with Gasteiger partial charge in [-0.1, -0.05) is 33.1 Å². The molecule has 188 valence electrons. The van der Waals surface area contributed by atoms with Gasteiger partial charge in [-0.3, -0.25) is 0 Å². The molecule has 0 saturated carbocycles. The summed E-state index contributed by atoms with van der Waals surface area (Å²) < 4.78 is 111. The number of sulfonamides is 2. The summed E-state index contributed by atoms with van der Waals surface area (Å²) in [7, 11) is -13.4. The molecule has 0 amide bonds. The monoisotopic (exact) mass is 506 g/mol. The summed E-state index contributed by atoms with van der Waals surface area (Å²) in [6, 6.07) is 0. The van der Waals surface area contributed by atoms with Crippen molar-refractivity contribution in [2.45, 2.75) is 82.7 Å². The lowest BCUT2D eigenvalue weighted by atomic mass is 10.0. The standard InChI is InChI=1S/C15H32N.C2F6NO4S2/c1-3-5-6-7-9-13-16(12-4-2)14-10-8-11-15-16;3-1(4,5)14(10,11)9-15(12,13)2(6,7)8/h3-15H2,1-2H3;/q+1;-1. The number of rotatable bonds is 10. The molecule has 0 N–H and O–H groups in total. The SMILES string of the molecule is CCCCCCC[N+]1(CCC)CCCCC1.O=S(=O)([N-]S(=O)(=O)C(F)(F)F)C(F)(F)F. The third-order valence-corrected chi connectivity index (χ3v) is 7.72. The van der Waals surface area contributed by atoms with E-state index < -0.39 is 31.1 Å². The van der Waals surface area contributed by atoms with Crippen LogP contribution in [0.15, 0.2) is 0 Å². The molecule has 0 aromatic carbocycles. The third kappa shape index (κ3) is 10.7. The molecule has 0 bridgehead atoms. The molecule has 1 fully saturated rings. The fraction of sp³-hybridized carbons (Fsp3) is 1.00. The molecule has 1 aliphatic heterocycles. The van der Waals surface area contributed by atoms with Gasteiger partial charge in [-0.15, -0.1) is 0 Å². The van der Waals surface area contributed by atoms with Gasteiger partial charge in [-0.05, 0) is 38.5 Å². The lowest BCUT2D eigenvalue weighted by Crippen LogP contribution is -2.52. The number of hydrogen-bond acceptors (Lipinski definition) is 4. The minimum atomic E-state index is -6.72. The predicted molar refractivity (Wildman–Crippen MR) is 106 cm³/mol. The summed E-state index contributed by atoms with van der Waals surface area (Å²) in [5.41, 5.74) is -12.4. The number of hydrogen-bond donors (Lipinski definition) is 0. The Hall–Kier alpha value is -0.600. The van der Waals surface area contributed by atoms with E-state index in [0.29, 0.717) is 0 Å². The van der Waals surface area contributed by atoms with Crippen LogP contribution in [0.3, 0.4) is 0 Å². The van der Waals surface area contributed by atoms with Crippen molar-refractivity contribution in [1.82, 2.24) is 0 Å². The topological polar surface area (TPSA) is 82.4 Å². The van der Waals surface area contributed by atoms with E-state index in [-0.39, 0.29) is 0 Å².